The molecule has 2 aromatic rings. The molecular weight excluding hydrogens is 396 g/mol. The Bertz CT molecular complexity index is 866. The molecule has 0 bridgehead atoms. The standard InChI is InChI=1S/C22H30N6OS/c29-20(23-17-6-8-18(9-7-17)26-12-4-5-13-26)16-30-22-25-24-21(28(22)19-10-11-19)27-14-2-1-3-15-27/h6-9,19H,1-5,10-16H2,(H,23,29). The van der Waals surface area contributed by atoms with Crippen molar-refractivity contribution in [1.82, 2.24) is 14.8 Å². The highest BCUT2D eigenvalue weighted by atomic mass is 32.2. The van der Waals surface area contributed by atoms with Gasteiger partial charge in [0, 0.05) is 43.6 Å². The topological polar surface area (TPSA) is 66.3 Å². The Hall–Kier alpha value is -2.22. The van der Waals surface area contributed by atoms with E-state index in [2.05, 4.69) is 42.0 Å². The van der Waals surface area contributed by atoms with Crippen LogP contribution in [0, 0.1) is 0 Å². The van der Waals surface area contributed by atoms with Gasteiger partial charge in [-0.15, -0.1) is 10.2 Å². The number of piperidine rings is 1. The molecule has 0 radical (unpaired) electrons. The summed E-state index contributed by atoms with van der Waals surface area (Å²) in [5.41, 5.74) is 2.09. The molecule has 1 amide bonds. The first kappa shape index (κ1) is 19.7. The number of anilines is 3. The van der Waals surface area contributed by atoms with Crippen LogP contribution in [0.3, 0.4) is 0 Å². The van der Waals surface area contributed by atoms with Gasteiger partial charge in [-0.05, 0) is 69.2 Å². The Balaban J connectivity index is 1.19. The fraction of sp³-hybridized carbons (Fsp3) is 0.591. The maximum Gasteiger partial charge on any atom is 0.234 e. The summed E-state index contributed by atoms with van der Waals surface area (Å²) in [6, 6.07) is 8.70. The van der Waals surface area contributed by atoms with Gasteiger partial charge >= 0.3 is 0 Å². The molecule has 30 heavy (non-hydrogen) atoms. The molecule has 7 nitrogen and oxygen atoms in total. The molecule has 3 heterocycles. The second kappa shape index (κ2) is 8.88. The van der Waals surface area contributed by atoms with Crippen molar-refractivity contribution in [3.05, 3.63) is 24.3 Å². The third kappa shape index (κ3) is 4.43. The minimum Gasteiger partial charge on any atom is -0.372 e. The SMILES string of the molecule is O=C(CSc1nnc(N2CCCCC2)n1C1CC1)Nc1ccc(N2CCCC2)cc1. The van der Waals surface area contributed by atoms with Crippen LogP contribution in [-0.4, -0.2) is 52.6 Å². The van der Waals surface area contributed by atoms with Gasteiger partial charge in [-0.25, -0.2) is 0 Å². The van der Waals surface area contributed by atoms with Crippen molar-refractivity contribution in [3.8, 4) is 0 Å². The van der Waals surface area contributed by atoms with E-state index in [0.29, 0.717) is 11.8 Å². The molecule has 1 aromatic carbocycles. The lowest BCUT2D eigenvalue weighted by atomic mass is 10.1. The third-order valence-electron chi connectivity index (χ3n) is 6.15. The van der Waals surface area contributed by atoms with Crippen LogP contribution in [0.1, 0.15) is 51.0 Å². The number of carbonyl (C=O) groups excluding carboxylic acids is 1. The van der Waals surface area contributed by atoms with Crippen molar-refractivity contribution in [3.63, 3.8) is 0 Å². The molecule has 1 N–H and O–H groups in total. The average Bonchev–Trinajstić information content (AvgIpc) is 3.29. The van der Waals surface area contributed by atoms with E-state index in [1.165, 1.54) is 62.4 Å². The van der Waals surface area contributed by atoms with Gasteiger partial charge in [-0.1, -0.05) is 11.8 Å². The van der Waals surface area contributed by atoms with Gasteiger partial charge in [0.2, 0.25) is 11.9 Å². The molecule has 1 saturated carbocycles. The van der Waals surface area contributed by atoms with Gasteiger partial charge in [-0.3, -0.25) is 9.36 Å². The lowest BCUT2D eigenvalue weighted by Crippen LogP contribution is -2.32. The number of nitrogens with zero attached hydrogens (tertiary/aromatic N) is 5. The quantitative estimate of drug-likeness (QED) is 0.677. The Morgan fingerprint density at radius 2 is 1.60 bits per heavy atom. The van der Waals surface area contributed by atoms with Crippen LogP contribution in [0.5, 0.6) is 0 Å². The third-order valence-corrected chi connectivity index (χ3v) is 7.10. The maximum atomic E-state index is 12.5. The Morgan fingerprint density at radius 3 is 2.30 bits per heavy atom. The molecule has 0 atom stereocenters. The van der Waals surface area contributed by atoms with Gasteiger partial charge in [0.15, 0.2) is 5.16 Å². The highest BCUT2D eigenvalue weighted by Gasteiger charge is 2.32. The zero-order valence-corrected chi connectivity index (χ0v) is 18.2. The first-order chi connectivity index (χ1) is 14.8. The molecule has 1 aromatic heterocycles. The summed E-state index contributed by atoms with van der Waals surface area (Å²) in [6.45, 7) is 4.37. The zero-order valence-electron chi connectivity index (χ0n) is 17.4. The lowest BCUT2D eigenvalue weighted by molar-refractivity contribution is -0.113. The minimum atomic E-state index is -0.00112. The fourth-order valence-electron chi connectivity index (χ4n) is 4.39. The number of benzene rings is 1. The van der Waals surface area contributed by atoms with Crippen molar-refractivity contribution >= 4 is 35.0 Å². The lowest BCUT2D eigenvalue weighted by Gasteiger charge is -2.27. The number of carbonyl (C=O) groups is 1. The van der Waals surface area contributed by atoms with E-state index in [1.807, 2.05) is 12.1 Å². The van der Waals surface area contributed by atoms with E-state index in [-0.39, 0.29) is 5.91 Å². The molecule has 1 aliphatic carbocycles. The summed E-state index contributed by atoms with van der Waals surface area (Å²) in [7, 11) is 0. The van der Waals surface area contributed by atoms with Crippen LogP contribution in [0.2, 0.25) is 0 Å². The average molecular weight is 427 g/mol. The van der Waals surface area contributed by atoms with Crippen molar-refractivity contribution in [2.75, 3.05) is 47.0 Å². The van der Waals surface area contributed by atoms with Crippen LogP contribution in [0.25, 0.3) is 0 Å². The number of nitrogens with one attached hydrogen (secondary N) is 1. The van der Waals surface area contributed by atoms with Gasteiger partial charge in [0.25, 0.3) is 0 Å². The van der Waals surface area contributed by atoms with Crippen LogP contribution in [0.4, 0.5) is 17.3 Å². The monoisotopic (exact) mass is 426 g/mol. The first-order valence-corrected chi connectivity index (χ1v) is 12.2. The second-order valence-electron chi connectivity index (χ2n) is 8.51. The Morgan fingerprint density at radius 1 is 0.933 bits per heavy atom. The molecule has 5 rings (SSSR count). The van der Waals surface area contributed by atoms with Crippen molar-refractivity contribution in [2.45, 2.75) is 56.1 Å². The smallest absolute Gasteiger partial charge is 0.234 e. The van der Waals surface area contributed by atoms with E-state index in [1.54, 1.807) is 0 Å². The van der Waals surface area contributed by atoms with E-state index >= 15 is 0 Å². The molecule has 3 aliphatic rings. The van der Waals surface area contributed by atoms with Gasteiger partial charge in [0.1, 0.15) is 0 Å². The Labute approximate surface area is 182 Å². The van der Waals surface area contributed by atoms with Crippen LogP contribution >= 0.6 is 11.8 Å². The zero-order chi connectivity index (χ0) is 20.3. The van der Waals surface area contributed by atoms with Crippen molar-refractivity contribution in [1.29, 1.82) is 0 Å². The maximum absolute atomic E-state index is 12.5. The minimum absolute atomic E-state index is 0.00112. The fourth-order valence-corrected chi connectivity index (χ4v) is 5.19. The second-order valence-corrected chi connectivity index (χ2v) is 9.45. The van der Waals surface area contributed by atoms with E-state index in [9.17, 15) is 4.79 Å². The van der Waals surface area contributed by atoms with Gasteiger partial charge in [-0.2, -0.15) is 0 Å². The molecule has 8 heteroatoms. The number of hydrogen-bond acceptors (Lipinski definition) is 6. The Kier molecular flexibility index (Phi) is 5.84. The first-order valence-electron chi connectivity index (χ1n) is 11.3. The largest absolute Gasteiger partial charge is 0.372 e. The van der Waals surface area contributed by atoms with Gasteiger partial charge in [0.05, 0.1) is 5.75 Å². The molecule has 0 spiro atoms. The summed E-state index contributed by atoms with van der Waals surface area (Å²) in [5.74, 6) is 1.34. The number of hydrogen-bond donors (Lipinski definition) is 1. The molecule has 2 saturated heterocycles. The highest BCUT2D eigenvalue weighted by molar-refractivity contribution is 7.99. The van der Waals surface area contributed by atoms with Crippen molar-refractivity contribution < 1.29 is 4.79 Å². The molecule has 0 unspecified atom stereocenters. The van der Waals surface area contributed by atoms with E-state index in [4.69, 9.17) is 0 Å². The summed E-state index contributed by atoms with van der Waals surface area (Å²) in [4.78, 5) is 17.3. The molecular formula is C22H30N6OS. The summed E-state index contributed by atoms with van der Waals surface area (Å²) >= 11 is 1.49. The summed E-state index contributed by atoms with van der Waals surface area (Å²) < 4.78 is 2.27. The summed E-state index contributed by atoms with van der Waals surface area (Å²) in [6.07, 6.45) is 8.64. The van der Waals surface area contributed by atoms with Gasteiger partial charge < -0.3 is 15.1 Å². The number of rotatable bonds is 7. The number of amides is 1. The van der Waals surface area contributed by atoms with Crippen LogP contribution in [-0.2, 0) is 4.79 Å². The molecule has 160 valence electrons. The van der Waals surface area contributed by atoms with Crippen LogP contribution < -0.4 is 15.1 Å². The normalized spacial score (nSPS) is 19.3. The number of thioether (sulfide) groups is 1. The summed E-state index contributed by atoms with van der Waals surface area (Å²) in [5, 5.41) is 12.8. The van der Waals surface area contributed by atoms with E-state index in [0.717, 1.165) is 43.0 Å². The predicted octanol–water partition coefficient (Wildman–Crippen LogP) is 3.93. The van der Waals surface area contributed by atoms with Crippen molar-refractivity contribution in [2.24, 2.45) is 0 Å². The van der Waals surface area contributed by atoms with Crippen LogP contribution in [0.15, 0.2) is 29.4 Å². The highest BCUT2D eigenvalue weighted by Crippen LogP contribution is 2.41. The molecule has 3 fully saturated rings. The number of aromatic nitrogens is 3. The predicted molar refractivity (Wildman–Crippen MR) is 122 cm³/mol. The molecule has 2 aliphatic heterocycles. The van der Waals surface area contributed by atoms with E-state index < -0.39 is 0 Å².